The highest BCUT2D eigenvalue weighted by atomic mass is 16.5. The summed E-state index contributed by atoms with van der Waals surface area (Å²) in [6, 6.07) is 8.57. The van der Waals surface area contributed by atoms with E-state index < -0.39 is 0 Å². The maximum atomic E-state index is 8.93. The zero-order valence-corrected chi connectivity index (χ0v) is 7.97. The molecular formula is C11H4N3O2. The lowest BCUT2D eigenvalue weighted by Gasteiger charge is -2.03. The van der Waals surface area contributed by atoms with Crippen LogP contribution in [0.5, 0.6) is 11.6 Å². The molecule has 0 spiro atoms. The Morgan fingerprint density at radius 2 is 2.19 bits per heavy atom. The average Bonchev–Trinajstić information content (AvgIpc) is 2.81. The third kappa shape index (κ3) is 1.70. The van der Waals surface area contributed by atoms with Crippen LogP contribution >= 0.6 is 0 Å². The van der Waals surface area contributed by atoms with Gasteiger partial charge in [-0.05, 0) is 12.1 Å². The first-order chi connectivity index (χ1) is 7.85. The summed E-state index contributed by atoms with van der Waals surface area (Å²) in [5.41, 5.74) is 0.431. The van der Waals surface area contributed by atoms with Gasteiger partial charge in [0.2, 0.25) is 0 Å². The Morgan fingerprint density at radius 1 is 1.31 bits per heavy atom. The summed E-state index contributed by atoms with van der Waals surface area (Å²) in [6.07, 6.45) is 3.47. The van der Waals surface area contributed by atoms with Crippen molar-refractivity contribution in [2.24, 2.45) is 0 Å². The van der Waals surface area contributed by atoms with Crippen molar-refractivity contribution in [1.29, 1.82) is 10.5 Å². The van der Waals surface area contributed by atoms with Crippen LogP contribution in [-0.2, 0) is 0 Å². The van der Waals surface area contributed by atoms with Crippen molar-refractivity contribution in [3.63, 3.8) is 0 Å². The monoisotopic (exact) mass is 210 g/mol. The first kappa shape index (κ1) is 9.75. The molecule has 0 atom stereocenters. The summed E-state index contributed by atoms with van der Waals surface area (Å²) in [5.74, 6) is 0.454. The molecule has 0 amide bonds. The van der Waals surface area contributed by atoms with Crippen molar-refractivity contribution < 1.29 is 9.15 Å². The molecule has 0 fully saturated rings. The highest BCUT2D eigenvalue weighted by Crippen LogP contribution is 2.25. The Labute approximate surface area is 91.1 Å². The molecule has 0 saturated heterocycles. The van der Waals surface area contributed by atoms with Gasteiger partial charge in [0, 0.05) is 0 Å². The molecule has 1 aromatic carbocycles. The van der Waals surface area contributed by atoms with Gasteiger partial charge in [-0.3, -0.25) is 0 Å². The summed E-state index contributed by atoms with van der Waals surface area (Å²) in [4.78, 5) is 3.64. The van der Waals surface area contributed by atoms with E-state index >= 15 is 0 Å². The molecule has 0 aliphatic heterocycles. The Kier molecular flexibility index (Phi) is 2.53. The number of ether oxygens (including phenoxy) is 1. The molecule has 0 N–H and O–H groups in total. The van der Waals surface area contributed by atoms with E-state index in [4.69, 9.17) is 15.3 Å². The van der Waals surface area contributed by atoms with Gasteiger partial charge >= 0.3 is 0 Å². The van der Waals surface area contributed by atoms with Crippen LogP contribution in [-0.4, -0.2) is 4.98 Å². The zero-order chi connectivity index (χ0) is 11.4. The Bertz CT molecular complexity index is 576. The van der Waals surface area contributed by atoms with Crippen molar-refractivity contribution in [2.75, 3.05) is 0 Å². The first-order valence-corrected chi connectivity index (χ1v) is 4.28. The maximum absolute atomic E-state index is 8.93. The van der Waals surface area contributed by atoms with Crippen molar-refractivity contribution in [2.45, 2.75) is 0 Å². The Hall–Kier alpha value is -2.79. The van der Waals surface area contributed by atoms with Gasteiger partial charge in [0.05, 0.1) is 5.56 Å². The second-order valence-corrected chi connectivity index (χ2v) is 2.78. The topological polar surface area (TPSA) is 82.8 Å². The van der Waals surface area contributed by atoms with Crippen LogP contribution in [0, 0.1) is 29.1 Å². The largest absolute Gasteiger partial charge is 0.437 e. The van der Waals surface area contributed by atoms with Crippen molar-refractivity contribution in [1.82, 2.24) is 4.98 Å². The van der Waals surface area contributed by atoms with Crippen LogP contribution in [0.15, 0.2) is 28.9 Å². The van der Waals surface area contributed by atoms with Crippen LogP contribution in [0.3, 0.4) is 0 Å². The van der Waals surface area contributed by atoms with Gasteiger partial charge in [0.1, 0.15) is 23.5 Å². The predicted octanol–water partition coefficient (Wildman–Crippen LogP) is 2.01. The second-order valence-electron chi connectivity index (χ2n) is 2.78. The summed E-state index contributed by atoms with van der Waals surface area (Å²) >= 11 is 0. The van der Waals surface area contributed by atoms with E-state index in [2.05, 4.69) is 15.8 Å². The van der Waals surface area contributed by atoms with Crippen molar-refractivity contribution >= 4 is 0 Å². The minimum absolute atomic E-state index is 0.174. The number of aromatic nitrogens is 1. The Morgan fingerprint density at radius 3 is 2.81 bits per heavy atom. The lowest BCUT2D eigenvalue weighted by Crippen LogP contribution is -1.91. The van der Waals surface area contributed by atoms with Crippen LogP contribution in [0.2, 0.25) is 0 Å². The van der Waals surface area contributed by atoms with Gasteiger partial charge in [0.25, 0.3) is 12.3 Å². The fourth-order valence-electron chi connectivity index (χ4n) is 1.16. The SMILES string of the molecule is N#Cc1cccc(Oc2co[c]n2)c1C#N. The lowest BCUT2D eigenvalue weighted by molar-refractivity contribution is 0.455. The van der Waals surface area contributed by atoms with E-state index in [0.717, 1.165) is 0 Å². The molecule has 2 rings (SSSR count). The van der Waals surface area contributed by atoms with Gasteiger partial charge in [-0.15, -0.1) is 0 Å². The number of oxazole rings is 1. The van der Waals surface area contributed by atoms with Gasteiger partial charge in [-0.25, -0.2) is 0 Å². The molecule has 16 heavy (non-hydrogen) atoms. The van der Waals surface area contributed by atoms with Gasteiger partial charge < -0.3 is 9.15 Å². The van der Waals surface area contributed by atoms with E-state index in [1.165, 1.54) is 6.26 Å². The lowest BCUT2D eigenvalue weighted by atomic mass is 10.1. The van der Waals surface area contributed by atoms with Gasteiger partial charge in [-0.1, -0.05) is 6.07 Å². The van der Waals surface area contributed by atoms with E-state index in [0.29, 0.717) is 0 Å². The highest BCUT2D eigenvalue weighted by molar-refractivity contribution is 5.54. The fourth-order valence-corrected chi connectivity index (χ4v) is 1.16. The van der Waals surface area contributed by atoms with Crippen LogP contribution in [0.1, 0.15) is 11.1 Å². The van der Waals surface area contributed by atoms with Gasteiger partial charge in [0.15, 0.2) is 6.26 Å². The van der Waals surface area contributed by atoms with E-state index in [9.17, 15) is 0 Å². The normalized spacial score (nSPS) is 9.12. The smallest absolute Gasteiger partial charge is 0.287 e. The van der Waals surface area contributed by atoms with Crippen LogP contribution < -0.4 is 4.74 Å². The summed E-state index contributed by atoms with van der Waals surface area (Å²) in [6.45, 7) is 0. The molecule has 0 aliphatic carbocycles. The molecule has 0 unspecified atom stereocenters. The Balaban J connectivity index is 2.43. The number of rotatable bonds is 2. The number of benzene rings is 1. The minimum Gasteiger partial charge on any atom is -0.437 e. The maximum Gasteiger partial charge on any atom is 0.287 e. The zero-order valence-electron chi connectivity index (χ0n) is 7.97. The number of nitrogens with zero attached hydrogens (tertiary/aromatic N) is 3. The van der Waals surface area contributed by atoms with E-state index in [1.54, 1.807) is 18.2 Å². The highest BCUT2D eigenvalue weighted by Gasteiger charge is 2.10. The summed E-state index contributed by atoms with van der Waals surface area (Å²) in [7, 11) is 0. The standard InChI is InChI=1S/C11H4N3O2/c12-4-8-2-1-3-10(9(8)5-13)16-11-6-15-7-14-11/h1-3,6H. The number of nitriles is 2. The molecule has 1 aromatic heterocycles. The van der Waals surface area contributed by atoms with Crippen LogP contribution in [0.4, 0.5) is 0 Å². The van der Waals surface area contributed by atoms with Crippen molar-refractivity contribution in [3.05, 3.63) is 42.0 Å². The fraction of sp³-hybridized carbons (Fsp3) is 0. The first-order valence-electron chi connectivity index (χ1n) is 4.28. The molecule has 0 aliphatic rings. The summed E-state index contributed by atoms with van der Waals surface area (Å²) in [5, 5.41) is 17.7. The third-order valence-electron chi connectivity index (χ3n) is 1.84. The molecule has 1 heterocycles. The molecule has 2 aromatic rings. The second kappa shape index (κ2) is 4.16. The molecule has 75 valence electrons. The molecule has 0 bridgehead atoms. The number of hydrogen-bond donors (Lipinski definition) is 0. The average molecular weight is 210 g/mol. The molecular weight excluding hydrogens is 206 g/mol. The molecule has 5 heteroatoms. The van der Waals surface area contributed by atoms with E-state index in [-0.39, 0.29) is 22.8 Å². The third-order valence-corrected chi connectivity index (χ3v) is 1.84. The van der Waals surface area contributed by atoms with Crippen molar-refractivity contribution in [3.8, 4) is 23.8 Å². The molecule has 5 nitrogen and oxygen atoms in total. The van der Waals surface area contributed by atoms with Crippen LogP contribution in [0.25, 0.3) is 0 Å². The predicted molar refractivity (Wildman–Crippen MR) is 51.3 cm³/mol. The molecule has 1 radical (unpaired) electrons. The number of hydrogen-bond acceptors (Lipinski definition) is 5. The molecule has 0 saturated carbocycles. The minimum atomic E-state index is 0.174. The van der Waals surface area contributed by atoms with E-state index in [1.807, 2.05) is 12.1 Å². The van der Waals surface area contributed by atoms with Gasteiger partial charge in [-0.2, -0.15) is 15.5 Å². The summed E-state index contributed by atoms with van der Waals surface area (Å²) < 4.78 is 9.88. The quantitative estimate of drug-likeness (QED) is 0.756.